The first kappa shape index (κ1) is 12.2. The van der Waals surface area contributed by atoms with Crippen LogP contribution in [0.5, 0.6) is 0 Å². The number of nitrogens with zero attached hydrogens (tertiary/aromatic N) is 1. The van der Waals surface area contributed by atoms with E-state index in [4.69, 9.17) is 5.73 Å². The molecule has 10 heavy (non-hydrogen) atoms. The topological polar surface area (TPSA) is 38.9 Å². The van der Waals surface area contributed by atoms with Gasteiger partial charge in [0.2, 0.25) is 5.95 Å². The minimum atomic E-state index is -0.537. The third kappa shape index (κ3) is 3.48. The highest BCUT2D eigenvalue weighted by molar-refractivity contribution is 5.85. The molecule has 0 spiro atoms. The maximum Gasteiger partial charge on any atom is 0.214 e. The van der Waals surface area contributed by atoms with Crippen molar-refractivity contribution in [2.45, 2.75) is 0 Å². The number of halogens is 3. The van der Waals surface area contributed by atoms with Crippen LogP contribution < -0.4 is 5.73 Å². The van der Waals surface area contributed by atoms with Crippen molar-refractivity contribution in [2.75, 3.05) is 5.73 Å². The molecule has 0 unspecified atom stereocenters. The minimum absolute atomic E-state index is 0. The average molecular weight is 185 g/mol. The summed E-state index contributed by atoms with van der Waals surface area (Å²) in [5.74, 6) is -0.537. The second-order valence-corrected chi connectivity index (χ2v) is 1.41. The number of aromatic nitrogens is 1. The Bertz CT molecular complexity index is 178. The summed E-state index contributed by atoms with van der Waals surface area (Å²) in [6.45, 7) is 0. The number of nitrogen functional groups attached to an aromatic ring is 1. The lowest BCUT2D eigenvalue weighted by Crippen LogP contribution is -1.86. The number of hydrogen-bond donors (Lipinski definition) is 1. The Kier molecular flexibility index (Phi) is 6.40. The molecule has 0 aliphatic heterocycles. The monoisotopic (exact) mass is 184 g/mol. The first-order chi connectivity index (χ1) is 3.79. The zero-order valence-corrected chi connectivity index (χ0v) is 6.58. The van der Waals surface area contributed by atoms with Crippen molar-refractivity contribution in [1.82, 2.24) is 4.98 Å². The highest BCUT2D eigenvalue weighted by atomic mass is 35.5. The molecule has 0 fully saturated rings. The number of rotatable bonds is 0. The van der Waals surface area contributed by atoms with E-state index in [-0.39, 0.29) is 24.8 Å². The number of pyridine rings is 1. The Hall–Kier alpha value is -0.540. The van der Waals surface area contributed by atoms with Crippen molar-refractivity contribution in [3.05, 3.63) is 24.3 Å². The Balaban J connectivity index is 0. The van der Waals surface area contributed by atoms with Crippen molar-refractivity contribution in [3.63, 3.8) is 0 Å². The Morgan fingerprint density at radius 2 is 2.00 bits per heavy atom. The van der Waals surface area contributed by atoms with Gasteiger partial charge in [0, 0.05) is 18.0 Å². The molecule has 5 heteroatoms. The normalized spacial score (nSPS) is 7.30. The molecule has 0 saturated carbocycles. The van der Waals surface area contributed by atoms with E-state index in [0.717, 1.165) is 0 Å². The zero-order valence-electron chi connectivity index (χ0n) is 4.95. The molecule has 0 saturated heterocycles. The largest absolute Gasteiger partial charge is 0.399 e. The highest BCUT2D eigenvalue weighted by Crippen LogP contribution is 1.98. The third-order valence-corrected chi connectivity index (χ3v) is 0.751. The molecular weight excluding hydrogens is 178 g/mol. The molecule has 0 amide bonds. The van der Waals surface area contributed by atoms with Crippen LogP contribution in [0.25, 0.3) is 0 Å². The van der Waals surface area contributed by atoms with Gasteiger partial charge in [0.25, 0.3) is 0 Å². The van der Waals surface area contributed by atoms with Gasteiger partial charge in [-0.25, -0.2) is 4.98 Å². The Morgan fingerprint density at radius 1 is 1.40 bits per heavy atom. The molecular formula is C5H7Cl2FN2. The Labute approximate surface area is 70.5 Å². The zero-order chi connectivity index (χ0) is 5.98. The first-order valence-corrected chi connectivity index (χ1v) is 2.16. The van der Waals surface area contributed by atoms with Crippen LogP contribution in [-0.4, -0.2) is 4.98 Å². The van der Waals surface area contributed by atoms with Gasteiger partial charge in [-0.05, 0) is 6.07 Å². The molecule has 0 radical (unpaired) electrons. The van der Waals surface area contributed by atoms with Gasteiger partial charge in [-0.15, -0.1) is 24.8 Å². The van der Waals surface area contributed by atoms with Gasteiger partial charge < -0.3 is 5.73 Å². The second-order valence-electron chi connectivity index (χ2n) is 1.41. The summed E-state index contributed by atoms with van der Waals surface area (Å²) in [5.41, 5.74) is 5.58. The van der Waals surface area contributed by atoms with Gasteiger partial charge in [0.1, 0.15) is 0 Å². The van der Waals surface area contributed by atoms with Crippen molar-refractivity contribution in [1.29, 1.82) is 0 Å². The molecule has 1 heterocycles. The van der Waals surface area contributed by atoms with Crippen molar-refractivity contribution in [3.8, 4) is 0 Å². The number of hydrogen-bond acceptors (Lipinski definition) is 2. The molecule has 0 aromatic carbocycles. The van der Waals surface area contributed by atoms with Crippen LogP contribution in [-0.2, 0) is 0 Å². The maximum absolute atomic E-state index is 12.0. The molecule has 1 rings (SSSR count). The minimum Gasteiger partial charge on any atom is -0.399 e. The summed E-state index contributed by atoms with van der Waals surface area (Å²) in [5, 5.41) is 0. The molecule has 1 aromatic rings. The quantitative estimate of drug-likeness (QED) is 0.624. The lowest BCUT2D eigenvalue weighted by molar-refractivity contribution is 0.584. The molecule has 0 atom stereocenters. The Morgan fingerprint density at radius 3 is 2.30 bits per heavy atom. The van der Waals surface area contributed by atoms with E-state index in [0.29, 0.717) is 5.69 Å². The maximum atomic E-state index is 12.0. The van der Waals surface area contributed by atoms with Crippen LogP contribution >= 0.6 is 24.8 Å². The van der Waals surface area contributed by atoms with Gasteiger partial charge in [-0.1, -0.05) is 0 Å². The van der Waals surface area contributed by atoms with Gasteiger partial charge in [0.15, 0.2) is 0 Å². The fourth-order valence-corrected chi connectivity index (χ4v) is 0.417. The van der Waals surface area contributed by atoms with E-state index in [1.54, 1.807) is 0 Å². The third-order valence-electron chi connectivity index (χ3n) is 0.751. The van der Waals surface area contributed by atoms with Crippen molar-refractivity contribution >= 4 is 30.5 Å². The van der Waals surface area contributed by atoms with Crippen LogP contribution in [0, 0.1) is 5.95 Å². The van der Waals surface area contributed by atoms with Crippen LogP contribution in [0.15, 0.2) is 18.3 Å². The van der Waals surface area contributed by atoms with Crippen LogP contribution in [0.2, 0.25) is 0 Å². The highest BCUT2D eigenvalue weighted by Gasteiger charge is 1.86. The van der Waals surface area contributed by atoms with E-state index in [1.165, 1.54) is 18.3 Å². The van der Waals surface area contributed by atoms with Gasteiger partial charge in [0.05, 0.1) is 0 Å². The number of nitrogens with two attached hydrogens (primary N) is 1. The molecule has 2 N–H and O–H groups in total. The summed E-state index contributed by atoms with van der Waals surface area (Å²) in [6, 6.07) is 2.70. The lowest BCUT2D eigenvalue weighted by Gasteiger charge is -1.87. The van der Waals surface area contributed by atoms with E-state index in [2.05, 4.69) is 4.98 Å². The summed E-state index contributed by atoms with van der Waals surface area (Å²) >= 11 is 0. The molecule has 2 nitrogen and oxygen atoms in total. The van der Waals surface area contributed by atoms with Crippen molar-refractivity contribution in [2.24, 2.45) is 0 Å². The van der Waals surface area contributed by atoms with Crippen LogP contribution in [0.4, 0.5) is 10.1 Å². The first-order valence-electron chi connectivity index (χ1n) is 2.16. The molecule has 0 aliphatic rings. The van der Waals surface area contributed by atoms with Gasteiger partial charge >= 0.3 is 0 Å². The van der Waals surface area contributed by atoms with E-state index in [9.17, 15) is 4.39 Å². The van der Waals surface area contributed by atoms with E-state index >= 15 is 0 Å². The van der Waals surface area contributed by atoms with Gasteiger partial charge in [-0.2, -0.15) is 4.39 Å². The standard InChI is InChI=1S/C5H5FN2.2ClH/c6-5-3-4(7)1-2-8-5;;/h1-3H,(H2,7,8);2*1H. The fourth-order valence-electron chi connectivity index (χ4n) is 0.417. The summed E-state index contributed by atoms with van der Waals surface area (Å²) in [7, 11) is 0. The van der Waals surface area contributed by atoms with E-state index in [1.807, 2.05) is 0 Å². The fraction of sp³-hybridized carbons (Fsp3) is 0. The predicted molar refractivity (Wildman–Crippen MR) is 43.1 cm³/mol. The SMILES string of the molecule is Cl.Cl.Nc1ccnc(F)c1. The lowest BCUT2D eigenvalue weighted by atomic mass is 10.4. The molecule has 1 aromatic heterocycles. The number of anilines is 1. The average Bonchev–Trinajstić information content (AvgIpc) is 1.64. The summed E-state index contributed by atoms with van der Waals surface area (Å²) in [6.07, 6.45) is 1.32. The van der Waals surface area contributed by atoms with Crippen LogP contribution in [0.1, 0.15) is 0 Å². The van der Waals surface area contributed by atoms with E-state index < -0.39 is 5.95 Å². The van der Waals surface area contributed by atoms with Crippen LogP contribution in [0.3, 0.4) is 0 Å². The van der Waals surface area contributed by atoms with Gasteiger partial charge in [-0.3, -0.25) is 0 Å². The smallest absolute Gasteiger partial charge is 0.214 e. The molecule has 58 valence electrons. The van der Waals surface area contributed by atoms with Crippen molar-refractivity contribution < 1.29 is 4.39 Å². The summed E-state index contributed by atoms with van der Waals surface area (Å²) < 4.78 is 12.0. The predicted octanol–water partition coefficient (Wildman–Crippen LogP) is 1.65. The second kappa shape index (κ2) is 5.26. The molecule has 0 aliphatic carbocycles. The molecule has 0 bridgehead atoms. The summed E-state index contributed by atoms with van der Waals surface area (Å²) in [4.78, 5) is 3.29.